The lowest BCUT2D eigenvalue weighted by molar-refractivity contribution is -0.137. The van der Waals surface area contributed by atoms with Crippen LogP contribution in [0.5, 0.6) is 0 Å². The number of carbonyl (C=O) groups excluding carboxylic acids is 1. The summed E-state index contributed by atoms with van der Waals surface area (Å²) in [5.74, 6) is -0.602. The van der Waals surface area contributed by atoms with E-state index in [0.29, 0.717) is 24.2 Å². The highest BCUT2D eigenvalue weighted by atomic mass is 19.4. The number of fused-ring (bicyclic) bond motifs is 1. The highest BCUT2D eigenvalue weighted by Crippen LogP contribution is 2.35. The molecule has 6 rings (SSSR count). The number of hydrogen-bond acceptors (Lipinski definition) is 9. The number of benzene rings is 2. The van der Waals surface area contributed by atoms with Crippen LogP contribution in [0.4, 0.5) is 30.6 Å². The molecule has 1 amide bonds. The van der Waals surface area contributed by atoms with Gasteiger partial charge in [-0.1, -0.05) is 53.6 Å². The van der Waals surface area contributed by atoms with E-state index in [1.165, 1.54) is 0 Å². The normalized spacial score (nSPS) is 18.7. The summed E-state index contributed by atoms with van der Waals surface area (Å²) < 4.78 is 51.6. The average molecular weight is 564 g/mol. The maximum absolute atomic E-state index is 13.4. The lowest BCUT2D eigenvalue weighted by Gasteiger charge is -2.15. The van der Waals surface area contributed by atoms with Gasteiger partial charge in [0.25, 0.3) is 11.8 Å². The molecule has 2 aromatic heterocycles. The maximum Gasteiger partial charge on any atom is 0.417 e. The van der Waals surface area contributed by atoms with Crippen LogP contribution in [0.3, 0.4) is 0 Å². The Balaban J connectivity index is 1.29. The minimum Gasteiger partial charge on any atom is -0.402 e. The number of nitrogens with one attached hydrogen (secondary N) is 3. The van der Waals surface area contributed by atoms with E-state index in [-0.39, 0.29) is 35.9 Å². The highest BCUT2D eigenvalue weighted by molar-refractivity contribution is 6.19. The molecule has 2 aromatic carbocycles. The van der Waals surface area contributed by atoms with Gasteiger partial charge in [-0.3, -0.25) is 4.79 Å². The smallest absolute Gasteiger partial charge is 0.402 e. The first-order valence-electron chi connectivity index (χ1n) is 12.9. The molecule has 0 spiro atoms. The Morgan fingerprint density at radius 1 is 1.05 bits per heavy atom. The van der Waals surface area contributed by atoms with Crippen molar-refractivity contribution in [2.24, 2.45) is 4.99 Å². The van der Waals surface area contributed by atoms with Crippen LogP contribution < -0.4 is 16.0 Å². The van der Waals surface area contributed by atoms with Crippen molar-refractivity contribution >= 4 is 29.0 Å². The predicted octanol–water partition coefficient (Wildman–Crippen LogP) is 4.97. The summed E-state index contributed by atoms with van der Waals surface area (Å²) in [4.78, 5) is 21.8. The van der Waals surface area contributed by atoms with Crippen LogP contribution in [0.25, 0.3) is 11.6 Å². The number of nitrogens with zero attached hydrogens (tertiary/aromatic N) is 4. The molecule has 3 N–H and O–H groups in total. The standard InChI is InChI=1S/C28H24F3N7O3/c29-28(30,31)17-13-21(32-15-18-9-6-12-40-18)23(33-14-17)26-37-38-27(41-26)36-24-25(39)34-20-11-5-4-10-19(20)22(35-24)16-7-2-1-3-8-16/h1-5,7-8,10-11,13-14,18,24,32H,6,9,12,15H2,(H,34,39)(H,36,38)/t18-,24+/m0/s1. The molecular weight excluding hydrogens is 539 g/mol. The number of alkyl halides is 3. The fourth-order valence-corrected chi connectivity index (χ4v) is 4.63. The van der Waals surface area contributed by atoms with Gasteiger partial charge in [0.2, 0.25) is 6.17 Å². The maximum atomic E-state index is 13.4. The molecule has 2 atom stereocenters. The Kier molecular flexibility index (Phi) is 7.10. The van der Waals surface area contributed by atoms with E-state index in [9.17, 15) is 18.0 Å². The molecule has 1 fully saturated rings. The largest absolute Gasteiger partial charge is 0.417 e. The number of hydrogen-bond donors (Lipinski definition) is 3. The molecule has 210 valence electrons. The summed E-state index contributed by atoms with van der Waals surface area (Å²) in [5, 5.41) is 16.6. The monoisotopic (exact) mass is 563 g/mol. The number of anilines is 3. The second-order valence-electron chi connectivity index (χ2n) is 9.47. The fraction of sp³-hybridized carbons (Fsp3) is 0.250. The van der Waals surface area contributed by atoms with Gasteiger partial charge in [-0.05, 0) is 25.0 Å². The topological polar surface area (TPSA) is 127 Å². The molecule has 1 saturated heterocycles. The van der Waals surface area contributed by atoms with Crippen LogP contribution in [0.1, 0.15) is 29.5 Å². The van der Waals surface area contributed by atoms with E-state index in [4.69, 9.17) is 9.15 Å². The number of ether oxygens (including phenoxy) is 1. The molecule has 4 aromatic rings. The lowest BCUT2D eigenvalue weighted by Crippen LogP contribution is -2.32. The molecule has 4 heterocycles. The van der Waals surface area contributed by atoms with Gasteiger partial charge < -0.3 is 25.1 Å². The summed E-state index contributed by atoms with van der Waals surface area (Å²) in [6, 6.07) is 17.5. The summed E-state index contributed by atoms with van der Waals surface area (Å²) in [6.45, 7) is 0.891. The fourth-order valence-electron chi connectivity index (χ4n) is 4.63. The number of carbonyl (C=O) groups is 1. The molecule has 41 heavy (non-hydrogen) atoms. The molecule has 2 aliphatic heterocycles. The molecule has 0 bridgehead atoms. The SMILES string of the molecule is O=C1Nc2ccccc2C(c2ccccc2)=N[C@@H]1Nc1nnc(-c2ncc(C(F)(F)F)cc2NC[C@@H]2CCCO2)o1. The van der Waals surface area contributed by atoms with Gasteiger partial charge in [0.1, 0.15) is 0 Å². The lowest BCUT2D eigenvalue weighted by atomic mass is 10.0. The van der Waals surface area contributed by atoms with Crippen LogP contribution in [0, 0.1) is 0 Å². The Morgan fingerprint density at radius 2 is 1.85 bits per heavy atom. The number of para-hydroxylation sites is 1. The van der Waals surface area contributed by atoms with Crippen molar-refractivity contribution in [1.29, 1.82) is 0 Å². The Bertz CT molecular complexity index is 1580. The number of halogens is 3. The van der Waals surface area contributed by atoms with Crippen LogP contribution in [-0.2, 0) is 15.7 Å². The third-order valence-corrected chi connectivity index (χ3v) is 6.64. The van der Waals surface area contributed by atoms with Crippen molar-refractivity contribution in [1.82, 2.24) is 15.2 Å². The summed E-state index contributed by atoms with van der Waals surface area (Å²) in [5.41, 5.74) is 1.86. The van der Waals surface area contributed by atoms with E-state index < -0.39 is 23.8 Å². The van der Waals surface area contributed by atoms with Crippen LogP contribution in [-0.4, -0.2) is 52.2 Å². The zero-order valence-electron chi connectivity index (χ0n) is 21.5. The van der Waals surface area contributed by atoms with E-state index in [1.54, 1.807) is 12.1 Å². The quantitative estimate of drug-likeness (QED) is 0.288. The van der Waals surface area contributed by atoms with Crippen LogP contribution in [0.15, 0.2) is 76.3 Å². The van der Waals surface area contributed by atoms with Crippen molar-refractivity contribution in [3.63, 3.8) is 0 Å². The molecule has 10 nitrogen and oxygen atoms in total. The highest BCUT2D eigenvalue weighted by Gasteiger charge is 2.33. The zero-order valence-corrected chi connectivity index (χ0v) is 21.5. The van der Waals surface area contributed by atoms with Crippen molar-refractivity contribution in [3.8, 4) is 11.6 Å². The number of pyridine rings is 1. The molecular formula is C28H24F3N7O3. The van der Waals surface area contributed by atoms with E-state index in [2.05, 4.69) is 36.1 Å². The Hall–Kier alpha value is -4.78. The zero-order chi connectivity index (χ0) is 28.4. The predicted molar refractivity (Wildman–Crippen MR) is 145 cm³/mol. The third-order valence-electron chi connectivity index (χ3n) is 6.64. The average Bonchev–Trinajstić information content (AvgIpc) is 3.64. The van der Waals surface area contributed by atoms with Crippen LogP contribution in [0.2, 0.25) is 0 Å². The summed E-state index contributed by atoms with van der Waals surface area (Å²) in [6.07, 6.45) is -3.49. The number of aliphatic imine (C=N–C) groups is 1. The molecule has 2 aliphatic rings. The van der Waals surface area contributed by atoms with Gasteiger partial charge in [-0.2, -0.15) is 13.2 Å². The van der Waals surface area contributed by atoms with Gasteiger partial charge in [0.05, 0.1) is 28.8 Å². The number of amides is 1. The first-order valence-corrected chi connectivity index (χ1v) is 12.9. The van der Waals surface area contributed by atoms with Crippen molar-refractivity contribution < 1.29 is 27.1 Å². The number of benzodiazepines with no additional fused rings is 1. The van der Waals surface area contributed by atoms with Gasteiger partial charge >= 0.3 is 12.2 Å². The van der Waals surface area contributed by atoms with E-state index in [0.717, 1.165) is 30.0 Å². The van der Waals surface area contributed by atoms with E-state index in [1.807, 2.05) is 42.5 Å². The van der Waals surface area contributed by atoms with Gasteiger partial charge in [-0.15, -0.1) is 5.10 Å². The summed E-state index contributed by atoms with van der Waals surface area (Å²) in [7, 11) is 0. The molecule has 0 saturated carbocycles. The van der Waals surface area contributed by atoms with Gasteiger partial charge in [0.15, 0.2) is 5.69 Å². The van der Waals surface area contributed by atoms with Crippen molar-refractivity contribution in [2.45, 2.75) is 31.3 Å². The van der Waals surface area contributed by atoms with Gasteiger partial charge in [0, 0.05) is 30.5 Å². The third kappa shape index (κ3) is 5.75. The second kappa shape index (κ2) is 11.0. The summed E-state index contributed by atoms with van der Waals surface area (Å²) >= 11 is 0. The minimum absolute atomic E-state index is 0.0303. The van der Waals surface area contributed by atoms with Crippen molar-refractivity contribution in [3.05, 3.63) is 83.6 Å². The Morgan fingerprint density at radius 3 is 2.63 bits per heavy atom. The minimum atomic E-state index is -4.59. The van der Waals surface area contributed by atoms with Gasteiger partial charge in [-0.25, -0.2) is 9.98 Å². The van der Waals surface area contributed by atoms with Crippen LogP contribution >= 0.6 is 0 Å². The second-order valence-corrected chi connectivity index (χ2v) is 9.47. The number of aromatic nitrogens is 3. The first-order chi connectivity index (χ1) is 19.8. The Labute approximate surface area is 232 Å². The molecule has 13 heteroatoms. The molecule has 0 unspecified atom stereocenters. The molecule has 0 aliphatic carbocycles. The number of rotatable bonds is 7. The molecule has 0 radical (unpaired) electrons. The van der Waals surface area contributed by atoms with Crippen molar-refractivity contribution in [2.75, 3.05) is 29.1 Å². The first kappa shape index (κ1) is 26.4. The van der Waals surface area contributed by atoms with E-state index >= 15 is 0 Å².